The van der Waals surface area contributed by atoms with E-state index in [0.29, 0.717) is 19.3 Å². The summed E-state index contributed by atoms with van der Waals surface area (Å²) in [6.45, 7) is 1.46. The van der Waals surface area contributed by atoms with E-state index < -0.39 is 36.5 Å². The highest BCUT2D eigenvalue weighted by molar-refractivity contribution is 5.10. The summed E-state index contributed by atoms with van der Waals surface area (Å²) in [5.74, 6) is 0. The summed E-state index contributed by atoms with van der Waals surface area (Å²) >= 11 is 0. The highest BCUT2D eigenvalue weighted by Crippen LogP contribution is 2.39. The van der Waals surface area contributed by atoms with Crippen molar-refractivity contribution in [3.05, 3.63) is 0 Å². The maximum absolute atomic E-state index is 9.98. The second-order valence-electron chi connectivity index (χ2n) is 5.55. The zero-order chi connectivity index (χ0) is 13.4. The summed E-state index contributed by atoms with van der Waals surface area (Å²) in [5.41, 5.74) is 0. The fraction of sp³-hybridized carbons (Fsp3) is 1.00. The smallest absolute Gasteiger partial charge is 0.0995 e. The Morgan fingerprint density at radius 1 is 1.22 bits per heavy atom. The summed E-state index contributed by atoms with van der Waals surface area (Å²) < 4.78 is 0. The van der Waals surface area contributed by atoms with Crippen molar-refractivity contribution in [3.8, 4) is 0 Å². The summed E-state index contributed by atoms with van der Waals surface area (Å²) in [7, 11) is 0. The molecular formula is C12H23NO5. The Kier molecular flexibility index (Phi) is 4.25. The Balaban J connectivity index is 2.10. The topological polar surface area (TPSA) is 104 Å². The zero-order valence-corrected chi connectivity index (χ0v) is 10.6. The molecule has 1 unspecified atom stereocenters. The molecule has 2 rings (SSSR count). The van der Waals surface area contributed by atoms with Gasteiger partial charge in [0.15, 0.2) is 0 Å². The van der Waals surface area contributed by atoms with Crippen molar-refractivity contribution >= 4 is 0 Å². The van der Waals surface area contributed by atoms with E-state index in [1.54, 1.807) is 6.92 Å². The Morgan fingerprint density at radius 3 is 2.44 bits per heavy atom. The maximum Gasteiger partial charge on any atom is 0.0995 e. The third-order valence-corrected chi connectivity index (χ3v) is 4.26. The van der Waals surface area contributed by atoms with Crippen molar-refractivity contribution in [1.29, 1.82) is 0 Å². The highest BCUT2D eigenvalue weighted by atomic mass is 16.3. The lowest BCUT2D eigenvalue weighted by atomic mass is 9.99. The zero-order valence-electron chi connectivity index (χ0n) is 10.6. The predicted molar refractivity (Wildman–Crippen MR) is 63.8 cm³/mol. The van der Waals surface area contributed by atoms with Gasteiger partial charge in [-0.2, -0.15) is 0 Å². The molecule has 7 atom stereocenters. The molecule has 0 radical (unpaired) electrons. The maximum atomic E-state index is 9.98. The van der Waals surface area contributed by atoms with E-state index in [-0.39, 0.29) is 12.6 Å². The van der Waals surface area contributed by atoms with Crippen LogP contribution in [-0.2, 0) is 0 Å². The number of aliphatic hydroxyl groups is 5. The van der Waals surface area contributed by atoms with Gasteiger partial charge in [-0.05, 0) is 26.2 Å². The van der Waals surface area contributed by atoms with Gasteiger partial charge in [-0.3, -0.25) is 4.90 Å². The molecule has 0 aromatic heterocycles. The molecule has 2 saturated heterocycles. The molecule has 2 heterocycles. The molecule has 18 heavy (non-hydrogen) atoms. The molecular weight excluding hydrogens is 238 g/mol. The minimum absolute atomic E-state index is 0.0106. The van der Waals surface area contributed by atoms with Crippen LogP contribution in [0.15, 0.2) is 0 Å². The van der Waals surface area contributed by atoms with Crippen molar-refractivity contribution in [2.24, 2.45) is 0 Å². The van der Waals surface area contributed by atoms with E-state index >= 15 is 0 Å². The minimum Gasteiger partial charge on any atom is -0.395 e. The van der Waals surface area contributed by atoms with Crippen LogP contribution in [-0.4, -0.2) is 79.6 Å². The van der Waals surface area contributed by atoms with Gasteiger partial charge in [0, 0.05) is 6.04 Å². The van der Waals surface area contributed by atoms with E-state index in [9.17, 15) is 25.5 Å². The number of nitrogens with zero attached hydrogens (tertiary/aromatic N) is 1. The standard InChI is InChI=1S/C12H23NO5/c1-6(15)2-3-7-4-9(16)10-12(18)11(17)8(5-14)13(7)10/h6-12,14-18H,2-5H2,1H3/t6?,7-,8-,9-,10-,11-,12-/m1/s1. The first-order valence-corrected chi connectivity index (χ1v) is 6.58. The average molecular weight is 261 g/mol. The largest absolute Gasteiger partial charge is 0.395 e. The molecule has 2 fully saturated rings. The molecule has 0 amide bonds. The van der Waals surface area contributed by atoms with Crippen molar-refractivity contribution in [2.75, 3.05) is 6.61 Å². The van der Waals surface area contributed by atoms with Gasteiger partial charge in [-0.15, -0.1) is 0 Å². The average Bonchev–Trinajstić information content (AvgIpc) is 2.75. The van der Waals surface area contributed by atoms with Crippen LogP contribution >= 0.6 is 0 Å². The first kappa shape index (κ1) is 14.2. The lowest BCUT2D eigenvalue weighted by Crippen LogP contribution is -2.44. The van der Waals surface area contributed by atoms with Gasteiger partial charge in [0.1, 0.15) is 0 Å². The van der Waals surface area contributed by atoms with Gasteiger partial charge in [0.2, 0.25) is 0 Å². The molecule has 0 aromatic carbocycles. The van der Waals surface area contributed by atoms with Crippen molar-refractivity contribution < 1.29 is 25.5 Å². The Bertz CT molecular complexity index is 288. The molecule has 6 heteroatoms. The van der Waals surface area contributed by atoms with Crippen LogP contribution in [0, 0.1) is 0 Å². The monoisotopic (exact) mass is 261 g/mol. The summed E-state index contributed by atoms with van der Waals surface area (Å²) in [4.78, 5) is 1.84. The second-order valence-corrected chi connectivity index (χ2v) is 5.55. The van der Waals surface area contributed by atoms with Gasteiger partial charge in [0.25, 0.3) is 0 Å². The third kappa shape index (κ3) is 2.29. The summed E-state index contributed by atoms with van der Waals surface area (Å²) in [6, 6.07) is -1.04. The fourth-order valence-electron chi connectivity index (χ4n) is 3.39. The number of fused-ring (bicyclic) bond motifs is 1. The number of hydrogen-bond acceptors (Lipinski definition) is 6. The Labute approximate surface area is 106 Å². The Morgan fingerprint density at radius 2 is 1.89 bits per heavy atom. The molecule has 0 spiro atoms. The van der Waals surface area contributed by atoms with Gasteiger partial charge in [-0.25, -0.2) is 0 Å². The first-order chi connectivity index (χ1) is 8.47. The van der Waals surface area contributed by atoms with Crippen LogP contribution in [0.1, 0.15) is 26.2 Å². The molecule has 106 valence electrons. The lowest BCUT2D eigenvalue weighted by molar-refractivity contribution is -0.00197. The van der Waals surface area contributed by atoms with Gasteiger partial charge < -0.3 is 25.5 Å². The second kappa shape index (κ2) is 5.40. The van der Waals surface area contributed by atoms with Crippen LogP contribution in [0.5, 0.6) is 0 Å². The van der Waals surface area contributed by atoms with E-state index in [4.69, 9.17) is 0 Å². The fourth-order valence-corrected chi connectivity index (χ4v) is 3.39. The van der Waals surface area contributed by atoms with E-state index in [1.165, 1.54) is 0 Å². The number of hydrogen-bond donors (Lipinski definition) is 5. The van der Waals surface area contributed by atoms with E-state index in [1.807, 2.05) is 4.90 Å². The van der Waals surface area contributed by atoms with Gasteiger partial charge >= 0.3 is 0 Å². The molecule has 0 bridgehead atoms. The van der Waals surface area contributed by atoms with Crippen LogP contribution in [0.2, 0.25) is 0 Å². The van der Waals surface area contributed by atoms with Gasteiger partial charge in [-0.1, -0.05) is 0 Å². The Hall–Kier alpha value is -0.240. The number of aliphatic hydroxyl groups excluding tert-OH is 5. The van der Waals surface area contributed by atoms with Crippen molar-refractivity contribution in [1.82, 2.24) is 4.90 Å². The lowest BCUT2D eigenvalue weighted by Gasteiger charge is -2.30. The van der Waals surface area contributed by atoms with Crippen LogP contribution in [0.25, 0.3) is 0 Å². The third-order valence-electron chi connectivity index (χ3n) is 4.26. The normalized spacial score (nSPS) is 46.3. The van der Waals surface area contributed by atoms with E-state index in [2.05, 4.69) is 0 Å². The summed E-state index contributed by atoms with van der Waals surface area (Å²) in [5, 5.41) is 48.4. The van der Waals surface area contributed by atoms with Gasteiger partial charge in [0.05, 0.1) is 43.1 Å². The first-order valence-electron chi connectivity index (χ1n) is 6.58. The molecule has 2 aliphatic heterocycles. The molecule has 6 nitrogen and oxygen atoms in total. The van der Waals surface area contributed by atoms with Crippen LogP contribution < -0.4 is 0 Å². The van der Waals surface area contributed by atoms with E-state index in [0.717, 1.165) is 0 Å². The number of rotatable bonds is 4. The van der Waals surface area contributed by atoms with Crippen LogP contribution in [0.4, 0.5) is 0 Å². The SMILES string of the molecule is CC(O)CC[C@@H]1C[C@@H](O)[C@@H]2[C@@H](O)[C@H](O)[C@@H](CO)N12. The van der Waals surface area contributed by atoms with Crippen LogP contribution in [0.3, 0.4) is 0 Å². The van der Waals surface area contributed by atoms with Crippen molar-refractivity contribution in [2.45, 2.75) is 68.7 Å². The molecule has 0 aliphatic carbocycles. The minimum atomic E-state index is -1.02. The summed E-state index contributed by atoms with van der Waals surface area (Å²) in [6.07, 6.45) is -1.35. The molecule has 2 aliphatic rings. The molecule has 5 N–H and O–H groups in total. The van der Waals surface area contributed by atoms with Crippen molar-refractivity contribution in [3.63, 3.8) is 0 Å². The molecule has 0 aromatic rings. The molecule has 0 saturated carbocycles. The predicted octanol–water partition coefficient (Wildman–Crippen LogP) is -1.95. The highest BCUT2D eigenvalue weighted by Gasteiger charge is 2.56. The quantitative estimate of drug-likeness (QED) is 0.403.